The van der Waals surface area contributed by atoms with E-state index in [2.05, 4.69) is 15.5 Å². The Morgan fingerprint density at radius 1 is 1.24 bits per heavy atom. The van der Waals surface area contributed by atoms with E-state index in [1.54, 1.807) is 10.7 Å². The topological polar surface area (TPSA) is 96.0 Å². The van der Waals surface area contributed by atoms with Crippen LogP contribution in [0.2, 0.25) is 0 Å². The fourth-order valence-electron chi connectivity index (χ4n) is 2.25. The third-order valence-corrected chi connectivity index (χ3v) is 4.52. The summed E-state index contributed by atoms with van der Waals surface area (Å²) in [6.07, 6.45) is 0. The molecule has 3 aromatic rings. The van der Waals surface area contributed by atoms with Crippen molar-refractivity contribution in [1.29, 1.82) is 0 Å². The minimum absolute atomic E-state index is 0.0227. The van der Waals surface area contributed by atoms with Gasteiger partial charge in [-0.05, 0) is 35.5 Å². The van der Waals surface area contributed by atoms with E-state index in [1.165, 1.54) is 31.0 Å². The molecule has 0 amide bonds. The second-order valence-electron chi connectivity index (χ2n) is 5.25. The summed E-state index contributed by atoms with van der Waals surface area (Å²) in [4.78, 5) is 10.5. The number of hydrogen-bond donors (Lipinski definition) is 0. The number of methoxy groups -OCH3 is 1. The standard InChI is InChI=1S/C16H15N5O3S/c1-11-3-5-13(6-4-11)20-16(17-18-19-20)25-10-12-9-14(21(22)23)7-8-15(12)24-2/h3-9H,10H2,1-2H3. The molecule has 0 bridgehead atoms. The van der Waals surface area contributed by atoms with Gasteiger partial charge in [0, 0.05) is 23.4 Å². The highest BCUT2D eigenvalue weighted by Gasteiger charge is 2.14. The van der Waals surface area contributed by atoms with E-state index in [-0.39, 0.29) is 5.69 Å². The molecule has 25 heavy (non-hydrogen) atoms. The summed E-state index contributed by atoms with van der Waals surface area (Å²) in [5.41, 5.74) is 2.73. The third kappa shape index (κ3) is 3.77. The molecule has 1 heterocycles. The predicted octanol–water partition coefficient (Wildman–Crippen LogP) is 3.18. The average molecular weight is 357 g/mol. The van der Waals surface area contributed by atoms with Gasteiger partial charge >= 0.3 is 0 Å². The summed E-state index contributed by atoms with van der Waals surface area (Å²) in [7, 11) is 1.53. The van der Waals surface area contributed by atoms with Gasteiger partial charge in [0.05, 0.1) is 17.7 Å². The number of ether oxygens (including phenoxy) is 1. The van der Waals surface area contributed by atoms with E-state index >= 15 is 0 Å². The van der Waals surface area contributed by atoms with Crippen LogP contribution in [0.25, 0.3) is 5.69 Å². The average Bonchev–Trinajstić information content (AvgIpc) is 3.08. The second-order valence-corrected chi connectivity index (χ2v) is 6.19. The molecule has 0 saturated heterocycles. The molecule has 0 spiro atoms. The van der Waals surface area contributed by atoms with Crippen molar-refractivity contribution < 1.29 is 9.66 Å². The van der Waals surface area contributed by atoms with Gasteiger partial charge < -0.3 is 4.74 Å². The highest BCUT2D eigenvalue weighted by atomic mass is 32.2. The zero-order chi connectivity index (χ0) is 17.8. The summed E-state index contributed by atoms with van der Waals surface area (Å²) < 4.78 is 6.92. The Balaban J connectivity index is 1.83. The number of rotatable bonds is 6. The predicted molar refractivity (Wildman–Crippen MR) is 93.1 cm³/mol. The largest absolute Gasteiger partial charge is 0.496 e. The number of tetrazole rings is 1. The molecule has 3 rings (SSSR count). The number of aromatic nitrogens is 4. The van der Waals surface area contributed by atoms with Gasteiger partial charge in [0.15, 0.2) is 0 Å². The molecular formula is C16H15N5O3S. The smallest absolute Gasteiger partial charge is 0.270 e. The van der Waals surface area contributed by atoms with Crippen LogP contribution in [0.4, 0.5) is 5.69 Å². The number of hydrogen-bond acceptors (Lipinski definition) is 7. The van der Waals surface area contributed by atoms with Crippen molar-refractivity contribution in [2.45, 2.75) is 17.8 Å². The van der Waals surface area contributed by atoms with Crippen LogP contribution in [-0.4, -0.2) is 32.2 Å². The van der Waals surface area contributed by atoms with Crippen molar-refractivity contribution >= 4 is 17.4 Å². The van der Waals surface area contributed by atoms with Gasteiger partial charge in [-0.2, -0.15) is 4.68 Å². The second kappa shape index (κ2) is 7.31. The molecule has 0 fully saturated rings. The minimum Gasteiger partial charge on any atom is -0.496 e. The summed E-state index contributed by atoms with van der Waals surface area (Å²) in [5.74, 6) is 1.03. The van der Waals surface area contributed by atoms with E-state index in [1.807, 2.05) is 31.2 Å². The van der Waals surface area contributed by atoms with E-state index in [0.717, 1.165) is 11.3 Å². The summed E-state index contributed by atoms with van der Waals surface area (Å²) in [6, 6.07) is 12.4. The van der Waals surface area contributed by atoms with Crippen LogP contribution < -0.4 is 4.74 Å². The van der Waals surface area contributed by atoms with E-state index in [9.17, 15) is 10.1 Å². The molecule has 0 radical (unpaired) electrons. The number of aryl methyl sites for hydroxylation is 1. The Morgan fingerprint density at radius 3 is 2.68 bits per heavy atom. The number of non-ortho nitro benzene ring substituents is 1. The highest BCUT2D eigenvalue weighted by Crippen LogP contribution is 2.30. The monoisotopic (exact) mass is 357 g/mol. The van der Waals surface area contributed by atoms with Crippen LogP contribution in [0.15, 0.2) is 47.6 Å². The zero-order valence-corrected chi connectivity index (χ0v) is 14.4. The fraction of sp³-hybridized carbons (Fsp3) is 0.188. The fourth-order valence-corrected chi connectivity index (χ4v) is 3.12. The number of thioether (sulfide) groups is 1. The summed E-state index contributed by atoms with van der Waals surface area (Å²) >= 11 is 1.38. The zero-order valence-electron chi connectivity index (χ0n) is 13.6. The highest BCUT2D eigenvalue weighted by molar-refractivity contribution is 7.98. The van der Waals surface area contributed by atoms with Crippen LogP contribution in [0, 0.1) is 17.0 Å². The molecule has 2 aromatic carbocycles. The molecular weight excluding hydrogens is 342 g/mol. The van der Waals surface area contributed by atoms with Crippen molar-refractivity contribution in [1.82, 2.24) is 20.2 Å². The molecule has 0 aliphatic heterocycles. The lowest BCUT2D eigenvalue weighted by molar-refractivity contribution is -0.384. The minimum atomic E-state index is -0.427. The first kappa shape index (κ1) is 16.9. The summed E-state index contributed by atoms with van der Waals surface area (Å²) in [5, 5.41) is 23.3. The Bertz CT molecular complexity index is 895. The number of nitro benzene ring substituents is 1. The van der Waals surface area contributed by atoms with Gasteiger partial charge in [-0.1, -0.05) is 29.5 Å². The number of nitro groups is 1. The van der Waals surface area contributed by atoms with Gasteiger partial charge in [0.25, 0.3) is 5.69 Å². The maximum atomic E-state index is 11.0. The maximum Gasteiger partial charge on any atom is 0.270 e. The molecule has 128 valence electrons. The SMILES string of the molecule is COc1ccc([N+](=O)[O-])cc1CSc1nnnn1-c1ccc(C)cc1. The van der Waals surface area contributed by atoms with E-state index in [0.29, 0.717) is 22.2 Å². The molecule has 0 aliphatic carbocycles. The lowest BCUT2D eigenvalue weighted by Gasteiger charge is -2.08. The Kier molecular flexibility index (Phi) is 4.94. The van der Waals surface area contributed by atoms with Crippen LogP contribution in [0.1, 0.15) is 11.1 Å². The quantitative estimate of drug-likeness (QED) is 0.380. The number of benzene rings is 2. The van der Waals surface area contributed by atoms with Gasteiger partial charge in [0.1, 0.15) is 5.75 Å². The molecule has 0 saturated carbocycles. The van der Waals surface area contributed by atoms with Gasteiger partial charge in [-0.15, -0.1) is 5.10 Å². The molecule has 0 N–H and O–H groups in total. The van der Waals surface area contributed by atoms with E-state index < -0.39 is 4.92 Å². The molecule has 1 aromatic heterocycles. The Morgan fingerprint density at radius 2 is 2.00 bits per heavy atom. The van der Waals surface area contributed by atoms with Crippen molar-refractivity contribution in [2.75, 3.05) is 7.11 Å². The molecule has 0 aliphatic rings. The van der Waals surface area contributed by atoms with Gasteiger partial charge in [0.2, 0.25) is 5.16 Å². The van der Waals surface area contributed by atoms with Gasteiger partial charge in [-0.25, -0.2) is 0 Å². The van der Waals surface area contributed by atoms with Crippen molar-refractivity contribution in [2.24, 2.45) is 0 Å². The normalized spacial score (nSPS) is 10.6. The van der Waals surface area contributed by atoms with Crippen LogP contribution >= 0.6 is 11.8 Å². The summed E-state index contributed by atoms with van der Waals surface area (Å²) in [6.45, 7) is 2.01. The van der Waals surface area contributed by atoms with Crippen molar-refractivity contribution in [3.63, 3.8) is 0 Å². The first-order valence-electron chi connectivity index (χ1n) is 7.38. The Hall–Kier alpha value is -2.94. The molecule has 0 unspecified atom stereocenters. The third-order valence-electron chi connectivity index (χ3n) is 3.55. The van der Waals surface area contributed by atoms with Gasteiger partial charge in [-0.3, -0.25) is 10.1 Å². The first-order chi connectivity index (χ1) is 12.1. The van der Waals surface area contributed by atoms with E-state index in [4.69, 9.17) is 4.74 Å². The van der Waals surface area contributed by atoms with Crippen molar-refractivity contribution in [3.05, 3.63) is 63.7 Å². The molecule has 9 heteroatoms. The first-order valence-corrected chi connectivity index (χ1v) is 8.36. The van der Waals surface area contributed by atoms with Crippen LogP contribution in [-0.2, 0) is 5.75 Å². The number of nitrogens with zero attached hydrogens (tertiary/aromatic N) is 5. The molecule has 0 atom stereocenters. The Labute approximate surface area is 148 Å². The van der Waals surface area contributed by atoms with Crippen molar-refractivity contribution in [3.8, 4) is 11.4 Å². The maximum absolute atomic E-state index is 11.0. The lowest BCUT2D eigenvalue weighted by Crippen LogP contribution is -1.99. The molecule has 8 nitrogen and oxygen atoms in total. The van der Waals surface area contributed by atoms with Crippen LogP contribution in [0.5, 0.6) is 5.75 Å². The lowest BCUT2D eigenvalue weighted by atomic mass is 10.2. The van der Waals surface area contributed by atoms with Crippen LogP contribution in [0.3, 0.4) is 0 Å².